The van der Waals surface area contributed by atoms with E-state index in [-0.39, 0.29) is 0 Å². The smallest absolute Gasteiger partial charge is 0.170 e. The third-order valence-electron chi connectivity index (χ3n) is 6.22. The lowest BCUT2D eigenvalue weighted by Crippen LogP contribution is -2.51. The lowest BCUT2D eigenvalue weighted by molar-refractivity contribution is -0.0490. The molecule has 0 aromatic heterocycles. The van der Waals surface area contributed by atoms with Gasteiger partial charge < -0.3 is 10.6 Å². The third-order valence-corrected chi connectivity index (χ3v) is 6.87. The van der Waals surface area contributed by atoms with Crippen LogP contribution < -0.4 is 10.6 Å². The number of aryl methyl sites for hydroxylation is 1. The SMILES string of the molecule is Cc1ccc(NC(=S)NCC23CC4CC(CC(C4)C2)C3)cc1Cl. The van der Waals surface area contributed by atoms with Gasteiger partial charge in [0.15, 0.2) is 5.11 Å². The second-order valence-electron chi connectivity index (χ2n) is 8.19. The molecule has 124 valence electrons. The van der Waals surface area contributed by atoms with E-state index in [4.69, 9.17) is 23.8 Å². The molecule has 0 amide bonds. The number of benzene rings is 1. The summed E-state index contributed by atoms with van der Waals surface area (Å²) in [7, 11) is 0. The predicted molar refractivity (Wildman–Crippen MR) is 101 cm³/mol. The monoisotopic (exact) mass is 348 g/mol. The van der Waals surface area contributed by atoms with Gasteiger partial charge in [0, 0.05) is 17.3 Å². The van der Waals surface area contributed by atoms with Gasteiger partial charge >= 0.3 is 0 Å². The molecule has 1 aromatic carbocycles. The van der Waals surface area contributed by atoms with Crippen LogP contribution in [-0.4, -0.2) is 11.7 Å². The molecular formula is C19H25ClN2S. The van der Waals surface area contributed by atoms with Crippen LogP contribution >= 0.6 is 23.8 Å². The van der Waals surface area contributed by atoms with Crippen molar-refractivity contribution in [1.29, 1.82) is 0 Å². The summed E-state index contributed by atoms with van der Waals surface area (Å²) in [5.74, 6) is 2.96. The standard InChI is InChI=1S/C19H25ClN2S/c1-12-2-3-16(7-17(12)20)22-18(23)21-11-19-8-13-4-14(9-19)6-15(5-13)10-19/h2-3,7,13-15H,4-6,8-11H2,1H3,(H2,21,22,23). The van der Waals surface area contributed by atoms with Gasteiger partial charge in [0.05, 0.1) is 0 Å². The number of halogens is 1. The van der Waals surface area contributed by atoms with Gasteiger partial charge in [-0.15, -0.1) is 0 Å². The van der Waals surface area contributed by atoms with Crippen molar-refractivity contribution in [2.75, 3.05) is 11.9 Å². The van der Waals surface area contributed by atoms with Crippen LogP contribution in [0.2, 0.25) is 5.02 Å². The topological polar surface area (TPSA) is 24.1 Å². The Balaban J connectivity index is 1.35. The van der Waals surface area contributed by atoms with Crippen molar-refractivity contribution in [1.82, 2.24) is 5.32 Å². The maximum atomic E-state index is 6.18. The van der Waals surface area contributed by atoms with Crippen molar-refractivity contribution in [3.63, 3.8) is 0 Å². The van der Waals surface area contributed by atoms with Crippen LogP contribution in [0.5, 0.6) is 0 Å². The molecule has 0 aliphatic heterocycles. The molecule has 2 nitrogen and oxygen atoms in total. The molecule has 0 unspecified atom stereocenters. The number of nitrogens with one attached hydrogen (secondary N) is 2. The molecule has 4 aliphatic carbocycles. The van der Waals surface area contributed by atoms with Crippen LogP contribution in [0.3, 0.4) is 0 Å². The van der Waals surface area contributed by atoms with Crippen molar-refractivity contribution in [3.8, 4) is 0 Å². The summed E-state index contributed by atoms with van der Waals surface area (Å²) >= 11 is 11.7. The largest absolute Gasteiger partial charge is 0.362 e. The Morgan fingerprint density at radius 2 is 1.78 bits per heavy atom. The van der Waals surface area contributed by atoms with E-state index in [0.717, 1.165) is 45.7 Å². The quantitative estimate of drug-likeness (QED) is 0.738. The number of hydrogen-bond donors (Lipinski definition) is 2. The van der Waals surface area contributed by atoms with E-state index in [2.05, 4.69) is 10.6 Å². The summed E-state index contributed by atoms with van der Waals surface area (Å²) in [5, 5.41) is 8.28. The van der Waals surface area contributed by atoms with E-state index < -0.39 is 0 Å². The molecule has 5 rings (SSSR count). The van der Waals surface area contributed by atoms with E-state index in [1.165, 1.54) is 38.5 Å². The van der Waals surface area contributed by atoms with Crippen LogP contribution in [0.1, 0.15) is 44.1 Å². The van der Waals surface area contributed by atoms with Gasteiger partial charge in [0.1, 0.15) is 0 Å². The summed E-state index contributed by atoms with van der Waals surface area (Å²) in [6, 6.07) is 5.99. The van der Waals surface area contributed by atoms with Gasteiger partial charge in [0.2, 0.25) is 0 Å². The summed E-state index contributed by atoms with van der Waals surface area (Å²) in [5.41, 5.74) is 2.55. The first kappa shape index (κ1) is 15.7. The molecule has 4 fully saturated rings. The first-order valence-corrected chi connectivity index (χ1v) is 9.61. The zero-order valence-electron chi connectivity index (χ0n) is 13.7. The minimum Gasteiger partial charge on any atom is -0.362 e. The van der Waals surface area contributed by atoms with E-state index in [1.54, 1.807) is 0 Å². The molecule has 2 N–H and O–H groups in total. The molecular weight excluding hydrogens is 324 g/mol. The minimum atomic E-state index is 0.505. The van der Waals surface area contributed by atoms with Gasteiger partial charge in [0.25, 0.3) is 0 Å². The van der Waals surface area contributed by atoms with Crippen LogP contribution in [0.15, 0.2) is 18.2 Å². The Labute approximate surface area is 149 Å². The highest BCUT2D eigenvalue weighted by molar-refractivity contribution is 7.80. The van der Waals surface area contributed by atoms with Gasteiger partial charge in [-0.2, -0.15) is 0 Å². The molecule has 0 heterocycles. The average Bonchev–Trinajstić information content (AvgIpc) is 2.48. The lowest BCUT2D eigenvalue weighted by atomic mass is 9.49. The minimum absolute atomic E-state index is 0.505. The zero-order chi connectivity index (χ0) is 16.0. The number of rotatable bonds is 3. The van der Waals surface area contributed by atoms with Gasteiger partial charge in [-0.05, 0) is 98.5 Å². The number of hydrogen-bond acceptors (Lipinski definition) is 1. The van der Waals surface area contributed by atoms with E-state index in [9.17, 15) is 0 Å². The fourth-order valence-corrected chi connectivity index (χ4v) is 5.99. The molecule has 4 saturated carbocycles. The Morgan fingerprint density at radius 1 is 1.17 bits per heavy atom. The predicted octanol–water partition coefficient (Wildman–Crippen LogP) is 5.15. The Bertz CT molecular complexity index is 593. The van der Waals surface area contributed by atoms with Crippen molar-refractivity contribution < 1.29 is 0 Å². The normalized spacial score (nSPS) is 34.4. The maximum Gasteiger partial charge on any atom is 0.170 e. The first-order valence-electron chi connectivity index (χ1n) is 8.82. The van der Waals surface area contributed by atoms with Crippen molar-refractivity contribution >= 4 is 34.6 Å². The second-order valence-corrected chi connectivity index (χ2v) is 9.00. The van der Waals surface area contributed by atoms with Gasteiger partial charge in [-0.3, -0.25) is 0 Å². The van der Waals surface area contributed by atoms with Crippen molar-refractivity contribution in [2.24, 2.45) is 23.2 Å². The van der Waals surface area contributed by atoms with E-state index >= 15 is 0 Å². The maximum absolute atomic E-state index is 6.18. The van der Waals surface area contributed by atoms with Gasteiger partial charge in [-0.1, -0.05) is 17.7 Å². The van der Waals surface area contributed by atoms with E-state index in [1.807, 2.05) is 25.1 Å². The molecule has 0 atom stereocenters. The number of anilines is 1. The third kappa shape index (κ3) is 3.23. The van der Waals surface area contributed by atoms with Crippen LogP contribution in [0, 0.1) is 30.1 Å². The summed E-state index contributed by atoms with van der Waals surface area (Å²) < 4.78 is 0. The fourth-order valence-electron chi connectivity index (χ4n) is 5.62. The highest BCUT2D eigenvalue weighted by atomic mass is 35.5. The lowest BCUT2D eigenvalue weighted by Gasteiger charge is -2.57. The molecule has 1 aromatic rings. The molecule has 0 saturated heterocycles. The van der Waals surface area contributed by atoms with Crippen LogP contribution in [0.4, 0.5) is 5.69 Å². The molecule has 0 radical (unpaired) electrons. The second kappa shape index (κ2) is 5.93. The molecule has 0 spiro atoms. The molecule has 23 heavy (non-hydrogen) atoms. The highest BCUT2D eigenvalue weighted by Crippen LogP contribution is 2.59. The van der Waals surface area contributed by atoms with Gasteiger partial charge in [-0.25, -0.2) is 0 Å². The van der Waals surface area contributed by atoms with Crippen molar-refractivity contribution in [3.05, 3.63) is 28.8 Å². The summed E-state index contributed by atoms with van der Waals surface area (Å²) in [6.45, 7) is 3.04. The molecule has 4 bridgehead atoms. The number of thiocarbonyl (C=S) groups is 1. The first-order chi connectivity index (χ1) is 11.0. The van der Waals surface area contributed by atoms with Crippen LogP contribution in [0.25, 0.3) is 0 Å². The Hall–Kier alpha value is -0.800. The summed E-state index contributed by atoms with van der Waals surface area (Å²) in [4.78, 5) is 0. The Morgan fingerprint density at radius 3 is 2.35 bits per heavy atom. The van der Waals surface area contributed by atoms with Crippen LogP contribution in [-0.2, 0) is 0 Å². The summed E-state index contributed by atoms with van der Waals surface area (Å²) in [6.07, 6.45) is 8.69. The highest BCUT2D eigenvalue weighted by Gasteiger charge is 2.50. The van der Waals surface area contributed by atoms with Crippen molar-refractivity contribution in [2.45, 2.75) is 45.4 Å². The Kier molecular flexibility index (Phi) is 4.05. The average molecular weight is 349 g/mol. The molecule has 4 heteroatoms. The molecule has 4 aliphatic rings. The van der Waals surface area contributed by atoms with E-state index in [0.29, 0.717) is 5.41 Å². The fraction of sp³-hybridized carbons (Fsp3) is 0.632. The zero-order valence-corrected chi connectivity index (χ0v) is 15.3.